The first-order chi connectivity index (χ1) is 9.56. The fraction of sp³-hybridized carbons (Fsp3) is 0.375. The van der Waals surface area contributed by atoms with Gasteiger partial charge in [-0.15, -0.1) is 0 Å². The van der Waals surface area contributed by atoms with Gasteiger partial charge in [-0.05, 0) is 62.7 Å². The van der Waals surface area contributed by atoms with Crippen molar-refractivity contribution >= 4 is 0 Å². The molecule has 4 heteroatoms. The second kappa shape index (κ2) is 6.68. The molecule has 0 aliphatic rings. The lowest BCUT2D eigenvalue weighted by atomic mass is 10.1. The van der Waals surface area contributed by atoms with Crippen LogP contribution in [0.5, 0.6) is 0 Å². The van der Waals surface area contributed by atoms with E-state index in [2.05, 4.69) is 5.32 Å². The van der Waals surface area contributed by atoms with Gasteiger partial charge in [0.15, 0.2) is 0 Å². The third kappa shape index (κ3) is 3.92. The Morgan fingerprint density at radius 2 is 2.10 bits per heavy atom. The van der Waals surface area contributed by atoms with Crippen LogP contribution in [0.1, 0.15) is 24.7 Å². The van der Waals surface area contributed by atoms with Gasteiger partial charge in [-0.3, -0.25) is 0 Å². The van der Waals surface area contributed by atoms with Crippen LogP contribution in [0.2, 0.25) is 0 Å². The molecule has 1 heterocycles. The normalized spacial score (nSPS) is 12.6. The summed E-state index contributed by atoms with van der Waals surface area (Å²) in [4.78, 5) is 0. The van der Waals surface area contributed by atoms with Crippen molar-refractivity contribution in [1.82, 2.24) is 5.32 Å². The van der Waals surface area contributed by atoms with E-state index in [9.17, 15) is 4.39 Å². The lowest BCUT2D eigenvalue weighted by Crippen LogP contribution is -2.18. The van der Waals surface area contributed by atoms with Gasteiger partial charge >= 0.3 is 0 Å². The van der Waals surface area contributed by atoms with Gasteiger partial charge < -0.3 is 14.8 Å². The maximum Gasteiger partial charge on any atom is 0.134 e. The van der Waals surface area contributed by atoms with Gasteiger partial charge in [0.1, 0.15) is 17.3 Å². The highest BCUT2D eigenvalue weighted by Gasteiger charge is 2.08. The van der Waals surface area contributed by atoms with Gasteiger partial charge in [0, 0.05) is 5.56 Å². The molecule has 108 valence electrons. The highest BCUT2D eigenvalue weighted by Crippen LogP contribution is 2.26. The van der Waals surface area contributed by atoms with E-state index in [1.807, 2.05) is 19.1 Å². The first-order valence-corrected chi connectivity index (χ1v) is 6.80. The Bertz CT molecular complexity index is 563. The molecular formula is C16H20FNO2. The summed E-state index contributed by atoms with van der Waals surface area (Å²) in [5.41, 5.74) is 1.76. The number of rotatable bonds is 6. The van der Waals surface area contributed by atoms with E-state index >= 15 is 0 Å². The summed E-state index contributed by atoms with van der Waals surface area (Å²) >= 11 is 0. The van der Waals surface area contributed by atoms with E-state index in [0.717, 1.165) is 29.2 Å². The van der Waals surface area contributed by atoms with Crippen molar-refractivity contribution < 1.29 is 13.9 Å². The van der Waals surface area contributed by atoms with E-state index in [4.69, 9.17) is 9.52 Å². The molecule has 0 bridgehead atoms. The fourth-order valence-electron chi connectivity index (χ4n) is 2.04. The smallest absolute Gasteiger partial charge is 0.134 e. The van der Waals surface area contributed by atoms with Crippen LogP contribution in [-0.2, 0) is 6.54 Å². The van der Waals surface area contributed by atoms with E-state index in [1.165, 1.54) is 12.1 Å². The predicted octanol–water partition coefficient (Wildman–Crippen LogP) is 3.25. The number of aliphatic hydroxyl groups excluding tert-OH is 1. The number of hydrogen-bond acceptors (Lipinski definition) is 3. The number of furan rings is 1. The molecule has 3 nitrogen and oxygen atoms in total. The molecule has 20 heavy (non-hydrogen) atoms. The topological polar surface area (TPSA) is 45.4 Å². The van der Waals surface area contributed by atoms with Crippen LogP contribution in [0.15, 0.2) is 34.7 Å². The number of nitrogens with one attached hydrogen (secondary N) is 1. The quantitative estimate of drug-likeness (QED) is 0.797. The number of halogens is 1. The zero-order valence-electron chi connectivity index (χ0n) is 11.8. The summed E-state index contributed by atoms with van der Waals surface area (Å²) in [7, 11) is 0. The molecule has 1 aromatic carbocycles. The van der Waals surface area contributed by atoms with E-state index in [1.54, 1.807) is 13.0 Å². The molecule has 0 aliphatic carbocycles. The van der Waals surface area contributed by atoms with E-state index in [-0.39, 0.29) is 11.9 Å². The highest BCUT2D eigenvalue weighted by atomic mass is 19.1. The summed E-state index contributed by atoms with van der Waals surface area (Å²) < 4.78 is 18.8. The Balaban J connectivity index is 1.98. The lowest BCUT2D eigenvalue weighted by Gasteiger charge is -2.05. The SMILES string of the molecule is Cc1cc(F)ccc1-c1ccc(CNCCC(C)O)o1. The minimum atomic E-state index is -0.295. The zero-order valence-corrected chi connectivity index (χ0v) is 11.8. The highest BCUT2D eigenvalue weighted by molar-refractivity contribution is 5.61. The van der Waals surface area contributed by atoms with Gasteiger partial charge in [0.05, 0.1) is 12.6 Å². The summed E-state index contributed by atoms with van der Waals surface area (Å²) in [5, 5.41) is 12.4. The molecule has 0 saturated heterocycles. The van der Waals surface area contributed by atoms with Gasteiger partial charge in [-0.1, -0.05) is 0 Å². The van der Waals surface area contributed by atoms with Crippen LogP contribution in [0.4, 0.5) is 4.39 Å². The third-order valence-corrected chi connectivity index (χ3v) is 3.15. The molecule has 0 saturated carbocycles. The van der Waals surface area contributed by atoms with Gasteiger partial charge in [0.2, 0.25) is 0 Å². The van der Waals surface area contributed by atoms with Crippen molar-refractivity contribution in [3.63, 3.8) is 0 Å². The van der Waals surface area contributed by atoms with Gasteiger partial charge in [-0.25, -0.2) is 4.39 Å². The van der Waals surface area contributed by atoms with Gasteiger partial charge in [-0.2, -0.15) is 0 Å². The van der Waals surface area contributed by atoms with Crippen LogP contribution < -0.4 is 5.32 Å². The summed E-state index contributed by atoms with van der Waals surface area (Å²) in [5.74, 6) is 1.34. The van der Waals surface area contributed by atoms with Crippen molar-refractivity contribution in [2.24, 2.45) is 0 Å². The minimum absolute atomic E-state index is 0.238. The Hall–Kier alpha value is -1.65. The van der Waals surface area contributed by atoms with Crippen LogP contribution in [-0.4, -0.2) is 17.8 Å². The fourth-order valence-corrected chi connectivity index (χ4v) is 2.04. The van der Waals surface area contributed by atoms with Crippen molar-refractivity contribution in [2.45, 2.75) is 32.9 Å². The Morgan fingerprint density at radius 3 is 2.80 bits per heavy atom. The second-order valence-electron chi connectivity index (χ2n) is 5.04. The molecule has 1 aromatic heterocycles. The average molecular weight is 277 g/mol. The molecular weight excluding hydrogens is 257 g/mol. The summed E-state index contributed by atoms with van der Waals surface area (Å²) in [6.07, 6.45) is 0.418. The molecule has 2 rings (SSSR count). The molecule has 2 N–H and O–H groups in total. The third-order valence-electron chi connectivity index (χ3n) is 3.15. The summed E-state index contributed by atoms with van der Waals surface area (Å²) in [6, 6.07) is 8.47. The molecule has 1 atom stereocenters. The second-order valence-corrected chi connectivity index (χ2v) is 5.04. The predicted molar refractivity (Wildman–Crippen MR) is 76.8 cm³/mol. The lowest BCUT2D eigenvalue weighted by molar-refractivity contribution is 0.183. The van der Waals surface area contributed by atoms with Crippen molar-refractivity contribution in [1.29, 1.82) is 0 Å². The number of hydrogen-bond donors (Lipinski definition) is 2. The largest absolute Gasteiger partial charge is 0.460 e. The van der Waals surface area contributed by atoms with Crippen molar-refractivity contribution in [3.8, 4) is 11.3 Å². The molecule has 0 aliphatic heterocycles. The van der Waals surface area contributed by atoms with Crippen LogP contribution in [0, 0.1) is 12.7 Å². The van der Waals surface area contributed by atoms with Gasteiger partial charge in [0.25, 0.3) is 0 Å². The molecule has 0 amide bonds. The average Bonchev–Trinajstić information content (AvgIpc) is 2.83. The first kappa shape index (κ1) is 14.8. The number of aliphatic hydroxyl groups is 1. The van der Waals surface area contributed by atoms with E-state index < -0.39 is 0 Å². The first-order valence-electron chi connectivity index (χ1n) is 6.80. The Labute approximate surface area is 118 Å². The maximum atomic E-state index is 13.1. The standard InChI is InChI=1S/C16H20FNO2/c1-11-9-13(17)3-5-15(11)16-6-4-14(20-16)10-18-8-7-12(2)19/h3-6,9,12,18-19H,7-8,10H2,1-2H3. The van der Waals surface area contributed by atoms with Crippen LogP contribution in [0.3, 0.4) is 0 Å². The Morgan fingerprint density at radius 1 is 1.30 bits per heavy atom. The molecule has 0 radical (unpaired) electrons. The maximum absolute atomic E-state index is 13.1. The molecule has 2 aromatic rings. The molecule has 0 fully saturated rings. The van der Waals surface area contributed by atoms with Crippen molar-refractivity contribution in [2.75, 3.05) is 6.54 Å². The number of benzene rings is 1. The van der Waals surface area contributed by atoms with E-state index in [0.29, 0.717) is 13.0 Å². The van der Waals surface area contributed by atoms with Crippen LogP contribution in [0.25, 0.3) is 11.3 Å². The monoisotopic (exact) mass is 277 g/mol. The summed E-state index contributed by atoms with van der Waals surface area (Å²) in [6.45, 7) is 4.99. The molecule has 1 unspecified atom stereocenters. The molecule has 0 spiro atoms. The number of aryl methyl sites for hydroxylation is 1. The zero-order chi connectivity index (χ0) is 14.5. The van der Waals surface area contributed by atoms with Crippen molar-refractivity contribution in [3.05, 3.63) is 47.5 Å². The minimum Gasteiger partial charge on any atom is -0.460 e. The van der Waals surface area contributed by atoms with Crippen LogP contribution >= 0.6 is 0 Å². The Kier molecular flexibility index (Phi) is 4.93.